The van der Waals surface area contributed by atoms with E-state index in [1.54, 1.807) is 36.5 Å². The number of pyridine rings is 1. The Hall–Kier alpha value is -1.68. The molecular formula is C14H15MoN3O2. The Balaban J connectivity index is 0.000000204. The molecule has 0 bridgehead atoms. The van der Waals surface area contributed by atoms with E-state index in [1.165, 1.54) is 6.92 Å². The topological polar surface area (TPSA) is 85.1 Å². The number of nitrogens with two attached hydrogens (primary N) is 1. The number of nitrogens with zero attached hydrogens (tertiary/aromatic N) is 1. The fourth-order valence-corrected chi connectivity index (χ4v) is 2.14. The molecule has 0 amide bonds. The van der Waals surface area contributed by atoms with Crippen molar-refractivity contribution in [1.29, 1.82) is 0 Å². The number of ketones is 1. The Bertz CT molecular complexity index is 547. The van der Waals surface area contributed by atoms with Crippen LogP contribution in [0.15, 0.2) is 54.7 Å². The van der Waals surface area contributed by atoms with Gasteiger partial charge in [0, 0.05) is 13.1 Å². The molecule has 0 radical (unpaired) electrons. The number of aromatic nitrogens is 1. The second-order valence-electron chi connectivity index (χ2n) is 3.64. The number of benzene rings is 1. The summed E-state index contributed by atoms with van der Waals surface area (Å²) < 4.78 is 2.58. The molecule has 1 aromatic carbocycles. The number of hydrogen-bond donors (Lipinski definition) is 2. The molecule has 3 N–H and O–H groups in total. The zero-order valence-corrected chi connectivity index (χ0v) is 13.0. The predicted molar refractivity (Wildman–Crippen MR) is 72.3 cm³/mol. The summed E-state index contributed by atoms with van der Waals surface area (Å²) in [5.41, 5.74) is 1.27. The summed E-state index contributed by atoms with van der Waals surface area (Å²) in [7, 11) is 0. The summed E-state index contributed by atoms with van der Waals surface area (Å²) in [4.78, 5) is 25.6. The van der Waals surface area contributed by atoms with Crippen LogP contribution in [-0.4, -0.2) is 14.9 Å². The molecule has 5 nitrogen and oxygen atoms in total. The fraction of sp³-hybridized carbons (Fsp3) is 0.0714. The molecule has 0 fully saturated rings. The van der Waals surface area contributed by atoms with Gasteiger partial charge in [-0.15, -0.1) is 0 Å². The van der Waals surface area contributed by atoms with Crippen molar-refractivity contribution in [2.75, 3.05) is 0 Å². The molecule has 0 aliphatic heterocycles. The van der Waals surface area contributed by atoms with Gasteiger partial charge in [0.25, 0.3) is 0 Å². The second-order valence-corrected chi connectivity index (χ2v) is 5.64. The van der Waals surface area contributed by atoms with Crippen molar-refractivity contribution in [3.63, 3.8) is 0 Å². The molecular weight excluding hydrogens is 338 g/mol. The molecule has 2 rings (SSSR count). The van der Waals surface area contributed by atoms with Crippen LogP contribution in [0.5, 0.6) is 0 Å². The monoisotopic (exact) mass is 355 g/mol. The summed E-state index contributed by atoms with van der Waals surface area (Å²) in [5.74, 6) is 5.06. The van der Waals surface area contributed by atoms with Crippen LogP contribution < -0.4 is 9.83 Å². The molecule has 0 atom stereocenters. The van der Waals surface area contributed by atoms with Crippen LogP contribution in [0.25, 0.3) is 0 Å². The molecule has 0 aliphatic rings. The minimum atomic E-state index is -0.890. The SMILES string of the molecule is CC(=O)c1ccccn1.N[NH][Mo][C](=O)c1ccccc1. The predicted octanol–water partition coefficient (Wildman–Crippen LogP) is 1.57. The first-order valence-electron chi connectivity index (χ1n) is 5.79. The van der Waals surface area contributed by atoms with E-state index in [4.69, 9.17) is 5.84 Å². The van der Waals surface area contributed by atoms with Crippen molar-refractivity contribution < 1.29 is 28.4 Å². The third kappa shape index (κ3) is 5.97. The third-order valence-corrected chi connectivity index (χ3v) is 3.51. The average molecular weight is 353 g/mol. The van der Waals surface area contributed by atoms with Gasteiger partial charge >= 0.3 is 73.5 Å². The van der Waals surface area contributed by atoms with Gasteiger partial charge in [0.15, 0.2) is 5.78 Å². The molecule has 0 aliphatic carbocycles. The number of Topliss-reactive ketones (excluding diaryl/α,β-unsaturated/α-hetero) is 1. The van der Waals surface area contributed by atoms with E-state index in [1.807, 2.05) is 18.2 Å². The first kappa shape index (κ1) is 16.4. The molecule has 0 saturated carbocycles. The maximum atomic E-state index is 11.2. The van der Waals surface area contributed by atoms with Crippen molar-refractivity contribution >= 4 is 9.96 Å². The molecule has 1 aromatic heterocycles. The number of hydrogen-bond acceptors (Lipinski definition) is 5. The van der Waals surface area contributed by atoms with Gasteiger partial charge < -0.3 is 0 Å². The van der Waals surface area contributed by atoms with Crippen molar-refractivity contribution in [2.45, 2.75) is 6.92 Å². The summed E-state index contributed by atoms with van der Waals surface area (Å²) in [6.45, 7) is 1.50. The number of carbonyl (C=O) groups is 2. The average Bonchev–Trinajstić information content (AvgIpc) is 2.50. The molecule has 1 heterocycles. The first-order valence-corrected chi connectivity index (χ1v) is 7.79. The summed E-state index contributed by atoms with van der Waals surface area (Å²) in [6.07, 6.45) is 1.61. The zero-order valence-electron chi connectivity index (χ0n) is 10.9. The van der Waals surface area contributed by atoms with Crippen molar-refractivity contribution in [2.24, 2.45) is 5.84 Å². The Morgan fingerprint density at radius 2 is 1.75 bits per heavy atom. The quantitative estimate of drug-likeness (QED) is 0.377. The van der Waals surface area contributed by atoms with E-state index >= 15 is 0 Å². The Kier molecular flexibility index (Phi) is 7.58. The molecule has 0 unspecified atom stereocenters. The Labute approximate surface area is 126 Å². The van der Waals surface area contributed by atoms with Gasteiger partial charge in [0.05, 0.1) is 0 Å². The van der Waals surface area contributed by atoms with E-state index in [9.17, 15) is 9.59 Å². The molecule has 0 saturated heterocycles. The summed E-state index contributed by atoms with van der Waals surface area (Å²) >= 11 is -0.890. The van der Waals surface area contributed by atoms with Crippen molar-refractivity contribution in [3.05, 3.63) is 66.0 Å². The molecule has 0 spiro atoms. The number of carbonyl (C=O) groups excluding carboxylic acids is 2. The van der Waals surface area contributed by atoms with Gasteiger partial charge in [0.1, 0.15) is 5.69 Å². The third-order valence-electron chi connectivity index (χ3n) is 2.19. The second kappa shape index (κ2) is 9.26. The van der Waals surface area contributed by atoms with Gasteiger partial charge in [-0.05, 0) is 12.1 Å². The van der Waals surface area contributed by atoms with Gasteiger partial charge in [-0.25, -0.2) is 0 Å². The van der Waals surface area contributed by atoms with E-state index in [0.717, 1.165) is 5.56 Å². The van der Waals surface area contributed by atoms with Crippen LogP contribution in [0.3, 0.4) is 0 Å². The van der Waals surface area contributed by atoms with E-state index in [2.05, 4.69) is 8.97 Å². The van der Waals surface area contributed by atoms with Crippen molar-refractivity contribution in [3.8, 4) is 0 Å². The van der Waals surface area contributed by atoms with Crippen LogP contribution in [-0.2, 0) is 18.8 Å². The normalized spacial score (nSPS) is 9.30. The van der Waals surface area contributed by atoms with Gasteiger partial charge in [-0.1, -0.05) is 6.07 Å². The van der Waals surface area contributed by atoms with Crippen LogP contribution in [0.4, 0.5) is 0 Å². The molecule has 20 heavy (non-hydrogen) atoms. The fourth-order valence-electron chi connectivity index (χ4n) is 1.26. The van der Waals surface area contributed by atoms with E-state index in [-0.39, 0.29) is 9.96 Å². The minimum absolute atomic E-state index is 0.00981. The molecule has 6 heteroatoms. The Morgan fingerprint density at radius 3 is 2.20 bits per heavy atom. The van der Waals surface area contributed by atoms with Crippen LogP contribution in [0, 0.1) is 0 Å². The summed E-state index contributed by atoms with van der Waals surface area (Å²) in [6, 6.07) is 14.4. The van der Waals surface area contributed by atoms with Gasteiger partial charge in [-0.2, -0.15) is 0 Å². The molecule has 104 valence electrons. The van der Waals surface area contributed by atoms with Gasteiger partial charge in [-0.3, -0.25) is 9.78 Å². The van der Waals surface area contributed by atoms with E-state index < -0.39 is 18.8 Å². The van der Waals surface area contributed by atoms with Crippen LogP contribution in [0.2, 0.25) is 0 Å². The van der Waals surface area contributed by atoms with Gasteiger partial charge in [0.2, 0.25) is 0 Å². The van der Waals surface area contributed by atoms with Crippen molar-refractivity contribution in [1.82, 2.24) is 8.97 Å². The first-order chi connectivity index (χ1) is 9.65. The van der Waals surface area contributed by atoms with Crippen LogP contribution >= 0.6 is 0 Å². The molecule has 2 aromatic rings. The zero-order chi connectivity index (χ0) is 14.8. The number of hydrazine groups is 1. The Morgan fingerprint density at radius 1 is 1.10 bits per heavy atom. The number of nitrogens with one attached hydrogen (secondary N) is 1. The summed E-state index contributed by atoms with van der Waals surface area (Å²) in [5, 5.41) is 0. The maximum absolute atomic E-state index is 11.2. The number of rotatable bonds is 4. The van der Waals surface area contributed by atoms with Crippen LogP contribution in [0.1, 0.15) is 27.8 Å². The van der Waals surface area contributed by atoms with E-state index in [0.29, 0.717) is 5.69 Å². The standard InChI is InChI=1S/C7H7NO.C7H5O.Mo.H3N2/c1-6(9)7-4-2-3-5-8-7;8-6-7-4-2-1-3-5-7;;1-2/h2-5H,1H3;1-5H;;1H,2H2/q;;+1;-1.